The van der Waals surface area contributed by atoms with Crippen LogP contribution in [0.3, 0.4) is 0 Å². The highest BCUT2D eigenvalue weighted by molar-refractivity contribution is 6.27. The van der Waals surface area contributed by atoms with E-state index in [0.29, 0.717) is 16.7 Å². The first kappa shape index (κ1) is 64.7. The molecule has 0 N–H and O–H groups in total. The normalized spacial score (nSPS) is 13.2. The molecule has 4 heterocycles. The monoisotopic (exact) mass is 1750 g/mol. The summed E-state index contributed by atoms with van der Waals surface area (Å²) in [4.78, 5) is 0. The highest BCUT2D eigenvalue weighted by atomic mass is 16.3. The molecule has 28 aromatic rings. The topological polar surface area (TPSA) is 52.6 Å². The van der Waals surface area contributed by atoms with Crippen molar-refractivity contribution < 1.29 is 38.2 Å². The van der Waals surface area contributed by atoms with E-state index in [-0.39, 0.29) is 89.2 Å². The Morgan fingerprint density at radius 2 is 0.382 bits per heavy atom. The van der Waals surface area contributed by atoms with Gasteiger partial charge in [-0.2, -0.15) is 0 Å². The van der Waals surface area contributed by atoms with E-state index in [1.807, 2.05) is 212 Å². The van der Waals surface area contributed by atoms with Gasteiger partial charge in [0.05, 0.1) is 20.6 Å². The fraction of sp³-hybridized carbons (Fsp3) is 0. The summed E-state index contributed by atoms with van der Waals surface area (Å²) in [5.74, 6) is 0. The van der Waals surface area contributed by atoms with E-state index in [1.165, 1.54) is 0 Å². The quantitative estimate of drug-likeness (QED) is 0.121. The Kier molecular flexibility index (Phi) is 15.8. The first-order valence-corrected chi connectivity index (χ1v) is 45.3. The van der Waals surface area contributed by atoms with Crippen molar-refractivity contribution in [3.63, 3.8) is 0 Å². The molecule has 0 saturated carbocycles. The average molecular weight is 1750 g/mol. The van der Waals surface area contributed by atoms with Crippen LogP contribution in [-0.2, 0) is 0 Å². The molecule has 4 nitrogen and oxygen atoms in total. The van der Waals surface area contributed by atoms with E-state index >= 15 is 0 Å². The lowest BCUT2D eigenvalue weighted by Gasteiger charge is -2.19. The van der Waals surface area contributed by atoms with Crippen LogP contribution in [-0.4, -0.2) is 0 Å². The van der Waals surface area contributed by atoms with Gasteiger partial charge in [0.25, 0.3) is 0 Å². The third-order valence-corrected chi connectivity index (χ3v) is 26.7. The maximum atomic E-state index is 8.96. The third-order valence-electron chi connectivity index (χ3n) is 26.7. The van der Waals surface area contributed by atoms with Gasteiger partial charge in [-0.05, 0) is 237 Å². The first-order chi connectivity index (χ1) is 73.7. The van der Waals surface area contributed by atoms with Gasteiger partial charge < -0.3 is 17.7 Å². The van der Waals surface area contributed by atoms with Crippen molar-refractivity contribution in [3.8, 4) is 122 Å². The van der Waals surface area contributed by atoms with Gasteiger partial charge in [0.1, 0.15) is 44.7 Å². The number of furan rings is 4. The van der Waals surface area contributed by atoms with E-state index in [0.717, 1.165) is 241 Å². The minimum Gasteiger partial charge on any atom is -0.456 e. The van der Waals surface area contributed by atoms with Crippen molar-refractivity contribution in [2.45, 2.75) is 0 Å². The number of benzene rings is 24. The highest BCUT2D eigenvalue weighted by Crippen LogP contribution is 2.53. The van der Waals surface area contributed by atoms with Gasteiger partial charge in [-0.15, -0.1) is 0 Å². The van der Waals surface area contributed by atoms with Crippen LogP contribution in [0.15, 0.2) is 515 Å². The minimum absolute atomic E-state index is 0.191. The summed E-state index contributed by atoms with van der Waals surface area (Å²) in [7, 11) is 0. The number of hydrogen-bond acceptors (Lipinski definition) is 4. The molecule has 0 aliphatic heterocycles. The molecule has 0 fully saturated rings. The largest absolute Gasteiger partial charge is 0.456 e. The third kappa shape index (κ3) is 13.3. The summed E-state index contributed by atoms with van der Waals surface area (Å²) in [6.45, 7) is 0. The smallest absolute Gasteiger partial charge is 0.143 e. The Morgan fingerprint density at radius 1 is 0.132 bits per heavy atom. The highest BCUT2D eigenvalue weighted by Gasteiger charge is 2.27. The molecule has 634 valence electrons. The van der Waals surface area contributed by atoms with Crippen molar-refractivity contribution in [2.75, 3.05) is 0 Å². The molecular weight excluding hydrogens is 1650 g/mol. The predicted octanol–water partition coefficient (Wildman–Crippen LogP) is 37.9. The maximum Gasteiger partial charge on any atom is 0.143 e. The van der Waals surface area contributed by atoms with Crippen LogP contribution in [0.25, 0.3) is 275 Å². The maximum absolute atomic E-state index is 8.96. The standard InChI is InChI=1S/C50H30O2.C44H28O.C38H24O/c1-2-14-31(15-3-1)46-35-19-4-6-21-37(35)47(38-22-7-5-20-36(38)46)32-16-12-17-33(30-32)48-39(28-29-45-49(48)42-23-9-11-27-44(42)51-45)41-25-13-24-40-34-18-8-10-26-43(34)52-50(40)41;1-3-14-29(15-4-1)33-26-27-40-44(38-24-11-12-25-39(38)45-40)43(33)32-19-13-18-31(28-32)42-36-22-9-7-20-34(36)41(30-16-5-2-6-17-30)35-21-8-10-23-37(35)42;1-2-12-25(13-3-1)36-29-16-4-6-18-31(29)37(32-19-7-5-17-30(32)36)27-15-10-14-26(24-27)28-21-11-23-35-38(28)33-20-8-9-22-34(33)39-35/h1-30H;1-28H;1-24H/i1D,2D,3D,14D,15D;2D,5D,6D,16D,17D;1D,2D,3D,12D,13D. The molecule has 0 aliphatic rings. The Bertz CT molecular complexity index is 10400. The van der Waals surface area contributed by atoms with Gasteiger partial charge in [0.15, 0.2) is 0 Å². The van der Waals surface area contributed by atoms with Gasteiger partial charge in [-0.25, -0.2) is 0 Å². The first-order valence-electron chi connectivity index (χ1n) is 52.8. The second kappa shape index (κ2) is 33.1. The molecular formula is C132H82O4. The molecule has 136 heavy (non-hydrogen) atoms. The SMILES string of the molecule is [2H]c1c([2H])c([2H])c(-c2c3ccccc3c(-c3cccc(-c4c(-c5cccc6c5oc5ccccc56)ccc5oc6ccccc6c45)c3)c3ccccc23)c([2H])c1[2H].[2H]c1c([2H])c([2H])c(-c2c3ccccc3c(-c3cccc(-c4c(-c5ccccc5)ccc5oc6ccccc6c45)c3)c3ccccc23)c([2H])c1[2H].[2H]c1c([2H])c([2H])c(-c2c3ccccc3c(-c3cccc(-c4cccc5oc6ccccc6c45)c3)c3ccccc23)c([2H])c1[2H]. The van der Waals surface area contributed by atoms with Crippen molar-refractivity contribution in [1.29, 1.82) is 0 Å². The van der Waals surface area contributed by atoms with Crippen LogP contribution in [0.2, 0.25) is 0 Å². The van der Waals surface area contributed by atoms with Crippen molar-refractivity contribution in [2.24, 2.45) is 0 Å². The van der Waals surface area contributed by atoms with E-state index in [9.17, 15) is 0 Å². The Labute approximate surface area is 805 Å². The Morgan fingerprint density at radius 3 is 0.772 bits per heavy atom. The zero-order chi connectivity index (χ0) is 103. The fourth-order valence-electron chi connectivity index (χ4n) is 21.0. The van der Waals surface area contributed by atoms with Gasteiger partial charge >= 0.3 is 0 Å². The van der Waals surface area contributed by atoms with Crippen LogP contribution in [0, 0.1) is 0 Å². The van der Waals surface area contributed by atoms with Crippen molar-refractivity contribution >= 4 is 152 Å². The fourth-order valence-corrected chi connectivity index (χ4v) is 21.0. The minimum atomic E-state index is -0.410. The molecule has 4 heteroatoms. The van der Waals surface area contributed by atoms with Gasteiger partial charge in [0.2, 0.25) is 0 Å². The summed E-state index contributed by atoms with van der Waals surface area (Å²) in [5.41, 5.74) is 25.7. The van der Waals surface area contributed by atoms with E-state index in [2.05, 4.69) is 194 Å². The second-order valence-corrected chi connectivity index (χ2v) is 34.1. The summed E-state index contributed by atoms with van der Waals surface area (Å²) < 4.78 is 154. The molecule has 0 spiro atoms. The molecule has 0 unspecified atom stereocenters. The van der Waals surface area contributed by atoms with Gasteiger partial charge in [0, 0.05) is 59.8 Å². The Balaban J connectivity index is 0.000000115. The number of hydrogen-bond donors (Lipinski definition) is 0. The zero-order valence-electron chi connectivity index (χ0n) is 87.8. The lowest BCUT2D eigenvalue weighted by atomic mass is 9.84. The molecule has 0 saturated heterocycles. The van der Waals surface area contributed by atoms with Crippen LogP contribution >= 0.6 is 0 Å². The van der Waals surface area contributed by atoms with Gasteiger partial charge in [-0.3, -0.25) is 0 Å². The lowest BCUT2D eigenvalue weighted by Crippen LogP contribution is -1.92. The molecule has 4 aromatic heterocycles. The van der Waals surface area contributed by atoms with E-state index in [4.69, 9.17) is 38.2 Å². The van der Waals surface area contributed by atoms with E-state index in [1.54, 1.807) is 0 Å². The second-order valence-electron chi connectivity index (χ2n) is 34.1. The van der Waals surface area contributed by atoms with Crippen LogP contribution in [0.1, 0.15) is 20.6 Å². The number of para-hydroxylation sites is 5. The van der Waals surface area contributed by atoms with Crippen LogP contribution in [0.4, 0.5) is 0 Å². The van der Waals surface area contributed by atoms with Crippen LogP contribution < -0.4 is 0 Å². The molecule has 28 rings (SSSR count). The molecule has 0 aliphatic carbocycles. The summed E-state index contributed by atoms with van der Waals surface area (Å²) >= 11 is 0. The van der Waals surface area contributed by atoms with Crippen molar-refractivity contribution in [1.82, 2.24) is 0 Å². The molecule has 0 amide bonds. The number of rotatable bonds is 11. The summed E-state index contributed by atoms with van der Waals surface area (Å²) in [6.07, 6.45) is 0. The van der Waals surface area contributed by atoms with E-state index < -0.39 is 18.1 Å². The number of fused-ring (bicyclic) bond motifs is 18. The molecule has 24 aromatic carbocycles. The summed E-state index contributed by atoms with van der Waals surface area (Å²) in [6, 6.07) is 133. The lowest BCUT2D eigenvalue weighted by molar-refractivity contribution is 0.668. The van der Waals surface area contributed by atoms with Crippen LogP contribution in [0.5, 0.6) is 0 Å². The zero-order valence-corrected chi connectivity index (χ0v) is 72.8. The average Bonchev–Trinajstić information content (AvgIpc) is 1.47. The molecule has 0 radical (unpaired) electrons. The van der Waals surface area contributed by atoms with Gasteiger partial charge in [-0.1, -0.05) is 430 Å². The predicted molar refractivity (Wildman–Crippen MR) is 573 cm³/mol. The molecule has 0 atom stereocenters. The molecule has 0 bridgehead atoms. The summed E-state index contributed by atoms with van der Waals surface area (Å²) in [5, 5.41) is 18.9. The van der Waals surface area contributed by atoms with Crippen molar-refractivity contribution in [3.05, 3.63) is 497 Å². The Hall–Kier alpha value is -18.0.